The zero-order valence-electron chi connectivity index (χ0n) is 14.4. The molecule has 0 N–H and O–H groups in total. The summed E-state index contributed by atoms with van der Waals surface area (Å²) in [6.45, 7) is 10.7. The van der Waals surface area contributed by atoms with Crippen molar-refractivity contribution in [1.82, 2.24) is 0 Å². The van der Waals surface area contributed by atoms with Gasteiger partial charge in [-0.2, -0.15) is 0 Å². The van der Waals surface area contributed by atoms with Gasteiger partial charge < -0.3 is 4.74 Å². The minimum absolute atomic E-state index is 0.0577. The zero-order valence-corrected chi connectivity index (χ0v) is 14.4. The maximum Gasteiger partial charge on any atom is 0.305 e. The van der Waals surface area contributed by atoms with E-state index in [-0.39, 0.29) is 12.1 Å². The SMILES string of the molecule is CCCCCC[C@H](C)CCC[C@@H](C)[C@@H](C)OC(=O)CC. The van der Waals surface area contributed by atoms with Crippen LogP contribution >= 0.6 is 0 Å². The lowest BCUT2D eigenvalue weighted by atomic mass is 9.93. The highest BCUT2D eigenvalue weighted by Crippen LogP contribution is 2.21. The first kappa shape index (κ1) is 19.5. The Hall–Kier alpha value is -0.530. The van der Waals surface area contributed by atoms with E-state index in [1.165, 1.54) is 44.9 Å². The molecular weight excluding hydrogens is 248 g/mol. The van der Waals surface area contributed by atoms with E-state index in [0.717, 1.165) is 12.3 Å². The highest BCUT2D eigenvalue weighted by atomic mass is 16.5. The Bertz CT molecular complexity index is 238. The van der Waals surface area contributed by atoms with Crippen LogP contribution in [-0.4, -0.2) is 12.1 Å². The van der Waals surface area contributed by atoms with Crippen LogP contribution in [0.25, 0.3) is 0 Å². The normalized spacial score (nSPS) is 15.7. The first-order valence-corrected chi connectivity index (χ1v) is 8.70. The van der Waals surface area contributed by atoms with Crippen molar-refractivity contribution in [1.29, 1.82) is 0 Å². The third-order valence-corrected chi connectivity index (χ3v) is 4.31. The molecule has 0 aromatic heterocycles. The van der Waals surface area contributed by atoms with E-state index in [2.05, 4.69) is 20.8 Å². The van der Waals surface area contributed by atoms with Crippen LogP contribution in [0.15, 0.2) is 0 Å². The van der Waals surface area contributed by atoms with Gasteiger partial charge in [0, 0.05) is 6.42 Å². The van der Waals surface area contributed by atoms with Crippen LogP contribution < -0.4 is 0 Å². The molecule has 0 aromatic carbocycles. The second kappa shape index (κ2) is 12.2. The minimum Gasteiger partial charge on any atom is -0.462 e. The molecule has 0 amide bonds. The Morgan fingerprint density at radius 1 is 0.900 bits per heavy atom. The molecule has 0 saturated heterocycles. The first-order valence-electron chi connectivity index (χ1n) is 8.70. The Labute approximate surface area is 126 Å². The number of rotatable bonds is 12. The fourth-order valence-electron chi connectivity index (χ4n) is 2.49. The number of unbranched alkanes of at least 4 members (excludes halogenated alkanes) is 3. The van der Waals surface area contributed by atoms with Crippen molar-refractivity contribution in [3.8, 4) is 0 Å². The Morgan fingerprint density at radius 3 is 2.15 bits per heavy atom. The van der Waals surface area contributed by atoms with Crippen LogP contribution in [-0.2, 0) is 9.53 Å². The maximum absolute atomic E-state index is 11.3. The lowest BCUT2D eigenvalue weighted by molar-refractivity contribution is -0.150. The number of esters is 1. The smallest absolute Gasteiger partial charge is 0.305 e. The molecule has 2 heteroatoms. The van der Waals surface area contributed by atoms with Crippen molar-refractivity contribution in [2.75, 3.05) is 0 Å². The van der Waals surface area contributed by atoms with Crippen LogP contribution in [0.4, 0.5) is 0 Å². The second-order valence-corrected chi connectivity index (χ2v) is 6.41. The third-order valence-electron chi connectivity index (χ3n) is 4.31. The standard InChI is InChI=1S/C18H36O2/c1-6-8-9-10-12-15(3)13-11-14-16(4)17(5)20-18(19)7-2/h15-17H,6-14H2,1-5H3/t15-,16+,17+/m0/s1. The summed E-state index contributed by atoms with van der Waals surface area (Å²) < 4.78 is 5.37. The van der Waals surface area contributed by atoms with Crippen LogP contribution in [0.5, 0.6) is 0 Å². The molecule has 3 atom stereocenters. The minimum atomic E-state index is -0.0753. The van der Waals surface area contributed by atoms with Crippen molar-refractivity contribution in [3.05, 3.63) is 0 Å². The number of carbonyl (C=O) groups is 1. The zero-order chi connectivity index (χ0) is 15.4. The summed E-state index contributed by atoms with van der Waals surface area (Å²) in [6, 6.07) is 0. The number of hydrogen-bond acceptors (Lipinski definition) is 2. The molecule has 0 spiro atoms. The molecule has 0 fully saturated rings. The van der Waals surface area contributed by atoms with E-state index in [1.807, 2.05) is 13.8 Å². The lowest BCUT2D eigenvalue weighted by Gasteiger charge is -2.21. The highest BCUT2D eigenvalue weighted by molar-refractivity contribution is 5.69. The lowest BCUT2D eigenvalue weighted by Crippen LogP contribution is -2.21. The van der Waals surface area contributed by atoms with Gasteiger partial charge in [-0.3, -0.25) is 4.79 Å². The molecule has 0 radical (unpaired) electrons. The molecule has 0 aromatic rings. The fraction of sp³-hybridized carbons (Fsp3) is 0.944. The van der Waals surface area contributed by atoms with Crippen molar-refractivity contribution < 1.29 is 9.53 Å². The Morgan fingerprint density at radius 2 is 1.55 bits per heavy atom. The average molecular weight is 284 g/mol. The van der Waals surface area contributed by atoms with E-state index >= 15 is 0 Å². The van der Waals surface area contributed by atoms with Crippen LogP contribution in [0, 0.1) is 11.8 Å². The van der Waals surface area contributed by atoms with E-state index in [1.54, 1.807) is 0 Å². The number of ether oxygens (including phenoxy) is 1. The summed E-state index contributed by atoms with van der Waals surface area (Å²) in [5.74, 6) is 1.24. The summed E-state index contributed by atoms with van der Waals surface area (Å²) in [4.78, 5) is 11.3. The van der Waals surface area contributed by atoms with Gasteiger partial charge in [-0.1, -0.05) is 72.6 Å². The van der Waals surface area contributed by atoms with E-state index in [9.17, 15) is 4.79 Å². The molecule has 0 aliphatic carbocycles. The van der Waals surface area contributed by atoms with E-state index in [0.29, 0.717) is 12.3 Å². The molecule has 0 unspecified atom stereocenters. The molecular formula is C18H36O2. The second-order valence-electron chi connectivity index (χ2n) is 6.41. The Kier molecular flexibility index (Phi) is 11.9. The van der Waals surface area contributed by atoms with E-state index in [4.69, 9.17) is 4.74 Å². The van der Waals surface area contributed by atoms with Gasteiger partial charge in [0.05, 0.1) is 0 Å². The molecule has 0 aliphatic heterocycles. The first-order chi connectivity index (χ1) is 9.51. The van der Waals surface area contributed by atoms with Crippen LogP contribution in [0.2, 0.25) is 0 Å². The fourth-order valence-corrected chi connectivity index (χ4v) is 2.49. The molecule has 20 heavy (non-hydrogen) atoms. The maximum atomic E-state index is 11.3. The van der Waals surface area contributed by atoms with Gasteiger partial charge in [-0.05, 0) is 25.2 Å². The van der Waals surface area contributed by atoms with Crippen molar-refractivity contribution in [2.24, 2.45) is 11.8 Å². The number of hydrogen-bond donors (Lipinski definition) is 0. The monoisotopic (exact) mass is 284 g/mol. The average Bonchev–Trinajstić information content (AvgIpc) is 2.43. The van der Waals surface area contributed by atoms with E-state index < -0.39 is 0 Å². The quantitative estimate of drug-likeness (QED) is 0.337. The van der Waals surface area contributed by atoms with Gasteiger partial charge in [-0.15, -0.1) is 0 Å². The molecule has 0 saturated carbocycles. The summed E-state index contributed by atoms with van der Waals surface area (Å²) in [6.07, 6.45) is 11.1. The van der Waals surface area contributed by atoms with Gasteiger partial charge in [-0.25, -0.2) is 0 Å². The summed E-state index contributed by atoms with van der Waals surface area (Å²) in [7, 11) is 0. The predicted octanol–water partition coefficient (Wildman–Crippen LogP) is 5.74. The van der Waals surface area contributed by atoms with Gasteiger partial charge in [0.2, 0.25) is 0 Å². The molecule has 0 heterocycles. The van der Waals surface area contributed by atoms with Gasteiger partial charge in [0.1, 0.15) is 6.10 Å². The largest absolute Gasteiger partial charge is 0.462 e. The van der Waals surface area contributed by atoms with Crippen molar-refractivity contribution in [2.45, 2.75) is 98.5 Å². The topological polar surface area (TPSA) is 26.3 Å². The molecule has 120 valence electrons. The molecule has 0 aliphatic rings. The van der Waals surface area contributed by atoms with Crippen molar-refractivity contribution in [3.63, 3.8) is 0 Å². The van der Waals surface area contributed by atoms with Gasteiger partial charge >= 0.3 is 5.97 Å². The van der Waals surface area contributed by atoms with Crippen LogP contribution in [0.3, 0.4) is 0 Å². The van der Waals surface area contributed by atoms with Crippen molar-refractivity contribution >= 4 is 5.97 Å². The predicted molar refractivity (Wildman–Crippen MR) is 86.8 cm³/mol. The summed E-state index contributed by atoms with van der Waals surface area (Å²) in [5, 5.41) is 0. The number of carbonyl (C=O) groups excluding carboxylic acids is 1. The summed E-state index contributed by atoms with van der Waals surface area (Å²) in [5.41, 5.74) is 0. The highest BCUT2D eigenvalue weighted by Gasteiger charge is 2.16. The molecule has 0 rings (SSSR count). The Balaban J connectivity index is 3.63. The summed E-state index contributed by atoms with van der Waals surface area (Å²) >= 11 is 0. The molecule has 2 nitrogen and oxygen atoms in total. The van der Waals surface area contributed by atoms with Crippen LogP contribution in [0.1, 0.15) is 92.4 Å². The third kappa shape index (κ3) is 10.3. The van der Waals surface area contributed by atoms with Gasteiger partial charge in [0.15, 0.2) is 0 Å². The molecule has 0 bridgehead atoms. The van der Waals surface area contributed by atoms with Gasteiger partial charge in [0.25, 0.3) is 0 Å².